The fourth-order valence-electron chi connectivity index (χ4n) is 2.67. The number of rotatable bonds is 4. The Labute approximate surface area is 124 Å². The van der Waals surface area contributed by atoms with Gasteiger partial charge >= 0.3 is 0 Å². The number of halogens is 1. The lowest BCUT2D eigenvalue weighted by molar-refractivity contribution is -0.120. The number of nitrogens with one attached hydrogen (secondary N) is 2. The Balaban J connectivity index is 1.59. The highest BCUT2D eigenvalue weighted by Crippen LogP contribution is 2.28. The summed E-state index contributed by atoms with van der Waals surface area (Å²) in [5.41, 5.74) is 0.497. The second kappa shape index (κ2) is 6.43. The molecule has 1 heterocycles. The van der Waals surface area contributed by atoms with E-state index in [1.165, 1.54) is 6.07 Å². The Morgan fingerprint density at radius 3 is 2.62 bits per heavy atom. The monoisotopic (exact) mass is 292 g/mol. The topological polar surface area (TPSA) is 50.4 Å². The first kappa shape index (κ1) is 14.3. The number of hydrogen-bond acceptors (Lipinski definition) is 3. The summed E-state index contributed by atoms with van der Waals surface area (Å²) in [6, 6.07) is 4.65. The number of carbonyl (C=O) groups is 1. The maximum Gasteiger partial charge on any atom is 0.227 e. The van der Waals surface area contributed by atoms with Crippen molar-refractivity contribution in [3.05, 3.63) is 24.0 Å². The van der Waals surface area contributed by atoms with Gasteiger partial charge in [0.15, 0.2) is 11.6 Å². The zero-order chi connectivity index (χ0) is 14.7. The van der Waals surface area contributed by atoms with Crippen LogP contribution < -0.4 is 15.4 Å². The molecule has 0 bridgehead atoms. The van der Waals surface area contributed by atoms with E-state index in [2.05, 4.69) is 10.6 Å². The van der Waals surface area contributed by atoms with Crippen LogP contribution in [-0.2, 0) is 4.79 Å². The summed E-state index contributed by atoms with van der Waals surface area (Å²) in [4.78, 5) is 12.1. The molecular formula is C16H21FN2O2. The van der Waals surface area contributed by atoms with E-state index >= 15 is 0 Å². The molecule has 5 heteroatoms. The van der Waals surface area contributed by atoms with Gasteiger partial charge in [0.05, 0.1) is 6.10 Å². The smallest absolute Gasteiger partial charge is 0.227 e. The van der Waals surface area contributed by atoms with Gasteiger partial charge in [-0.15, -0.1) is 0 Å². The van der Waals surface area contributed by atoms with Gasteiger partial charge in [-0.2, -0.15) is 0 Å². The van der Waals surface area contributed by atoms with Crippen LogP contribution in [-0.4, -0.2) is 25.1 Å². The summed E-state index contributed by atoms with van der Waals surface area (Å²) in [6.07, 6.45) is 4.95. The van der Waals surface area contributed by atoms with E-state index in [9.17, 15) is 9.18 Å². The van der Waals surface area contributed by atoms with E-state index in [0.717, 1.165) is 45.2 Å². The lowest BCUT2D eigenvalue weighted by Gasteiger charge is -2.26. The largest absolute Gasteiger partial charge is 0.487 e. The molecule has 1 aliphatic carbocycles. The number of piperidine rings is 1. The van der Waals surface area contributed by atoms with Crippen LogP contribution in [0, 0.1) is 11.7 Å². The van der Waals surface area contributed by atoms with Crippen LogP contribution in [0.1, 0.15) is 32.1 Å². The van der Waals surface area contributed by atoms with Gasteiger partial charge in [0.25, 0.3) is 0 Å². The summed E-state index contributed by atoms with van der Waals surface area (Å²) in [6.45, 7) is 1.72. The Morgan fingerprint density at radius 1 is 1.24 bits per heavy atom. The number of hydrogen-bond donors (Lipinski definition) is 2. The Hall–Kier alpha value is -1.62. The molecule has 1 aromatic rings. The van der Waals surface area contributed by atoms with Crippen LogP contribution in [0.4, 0.5) is 10.1 Å². The first-order valence-corrected chi connectivity index (χ1v) is 7.70. The fraction of sp³-hybridized carbons (Fsp3) is 0.562. The molecule has 2 N–H and O–H groups in total. The summed E-state index contributed by atoms with van der Waals surface area (Å²) < 4.78 is 19.5. The molecule has 3 rings (SSSR count). The third kappa shape index (κ3) is 3.53. The van der Waals surface area contributed by atoms with Crippen molar-refractivity contribution in [3.63, 3.8) is 0 Å². The van der Waals surface area contributed by atoms with Crippen LogP contribution in [0.15, 0.2) is 18.2 Å². The van der Waals surface area contributed by atoms with Gasteiger partial charge in [0, 0.05) is 17.7 Å². The summed E-state index contributed by atoms with van der Waals surface area (Å²) in [5, 5.41) is 6.02. The molecule has 0 radical (unpaired) electrons. The highest BCUT2D eigenvalue weighted by molar-refractivity contribution is 5.92. The molecule has 1 saturated carbocycles. The normalized spacial score (nSPS) is 19.9. The minimum Gasteiger partial charge on any atom is -0.487 e. The number of benzene rings is 1. The van der Waals surface area contributed by atoms with Gasteiger partial charge in [0.2, 0.25) is 5.91 Å². The highest BCUT2D eigenvalue weighted by Gasteiger charge is 2.22. The number of amides is 1. The third-order valence-electron chi connectivity index (χ3n) is 4.26. The van der Waals surface area contributed by atoms with Crippen LogP contribution in [0.25, 0.3) is 0 Å². The van der Waals surface area contributed by atoms with Crippen molar-refractivity contribution in [1.29, 1.82) is 0 Å². The summed E-state index contributed by atoms with van der Waals surface area (Å²) >= 11 is 0. The highest BCUT2D eigenvalue weighted by atomic mass is 19.1. The second-order valence-electron chi connectivity index (χ2n) is 5.83. The number of carbonyl (C=O) groups excluding carboxylic acids is 1. The molecule has 1 aromatic carbocycles. The Kier molecular flexibility index (Phi) is 4.39. The average Bonchev–Trinajstić information content (AvgIpc) is 2.45. The van der Waals surface area contributed by atoms with Crippen molar-refractivity contribution < 1.29 is 13.9 Å². The lowest BCUT2D eigenvalue weighted by Crippen LogP contribution is -2.34. The Bertz CT molecular complexity index is 511. The molecule has 0 unspecified atom stereocenters. The molecule has 4 nitrogen and oxygen atoms in total. The number of ether oxygens (including phenoxy) is 1. The average molecular weight is 292 g/mol. The predicted molar refractivity (Wildman–Crippen MR) is 78.9 cm³/mol. The molecule has 2 aliphatic rings. The SMILES string of the molecule is O=C(Nc1ccc(OC2CCC2)c(F)c1)C1CCNCC1. The Morgan fingerprint density at radius 2 is 2.00 bits per heavy atom. The van der Waals surface area contributed by atoms with E-state index in [1.54, 1.807) is 12.1 Å². The van der Waals surface area contributed by atoms with Crippen LogP contribution in [0.3, 0.4) is 0 Å². The van der Waals surface area contributed by atoms with Gasteiger partial charge in [-0.25, -0.2) is 4.39 Å². The quantitative estimate of drug-likeness (QED) is 0.897. The summed E-state index contributed by atoms with van der Waals surface area (Å²) in [7, 11) is 0. The molecule has 21 heavy (non-hydrogen) atoms. The molecule has 1 saturated heterocycles. The maximum atomic E-state index is 14.0. The van der Waals surface area contributed by atoms with Crippen LogP contribution in [0.2, 0.25) is 0 Å². The molecule has 1 amide bonds. The fourth-order valence-corrected chi connectivity index (χ4v) is 2.67. The predicted octanol–water partition coefficient (Wildman–Crippen LogP) is 2.70. The molecule has 1 aliphatic heterocycles. The van der Waals surface area contributed by atoms with E-state index in [0.29, 0.717) is 5.69 Å². The second-order valence-corrected chi connectivity index (χ2v) is 5.83. The minimum absolute atomic E-state index is 0.0141. The first-order chi connectivity index (χ1) is 10.2. The standard InChI is InChI=1S/C16H21FN2O2/c17-14-10-12(4-5-15(14)21-13-2-1-3-13)19-16(20)11-6-8-18-9-7-11/h4-5,10-11,13,18H,1-3,6-9H2,(H,19,20). The summed E-state index contributed by atoms with van der Waals surface area (Å²) in [5.74, 6) is -0.145. The number of anilines is 1. The molecule has 114 valence electrons. The lowest BCUT2D eigenvalue weighted by atomic mass is 9.96. The first-order valence-electron chi connectivity index (χ1n) is 7.70. The van der Waals surface area contributed by atoms with Crippen LogP contribution in [0.5, 0.6) is 5.75 Å². The molecule has 0 atom stereocenters. The van der Waals surface area contributed by atoms with E-state index in [4.69, 9.17) is 4.74 Å². The van der Waals surface area contributed by atoms with Crippen molar-refractivity contribution >= 4 is 11.6 Å². The molecular weight excluding hydrogens is 271 g/mol. The van der Waals surface area contributed by atoms with Crippen molar-refractivity contribution in [2.45, 2.75) is 38.2 Å². The minimum atomic E-state index is -0.412. The van der Waals surface area contributed by atoms with Gasteiger partial charge in [-0.3, -0.25) is 4.79 Å². The zero-order valence-corrected chi connectivity index (χ0v) is 12.0. The van der Waals surface area contributed by atoms with Crippen molar-refractivity contribution in [2.75, 3.05) is 18.4 Å². The van der Waals surface area contributed by atoms with E-state index in [-0.39, 0.29) is 23.7 Å². The zero-order valence-electron chi connectivity index (χ0n) is 12.0. The molecule has 2 fully saturated rings. The van der Waals surface area contributed by atoms with Crippen molar-refractivity contribution in [3.8, 4) is 5.75 Å². The van der Waals surface area contributed by atoms with E-state index in [1.807, 2.05) is 0 Å². The van der Waals surface area contributed by atoms with Gasteiger partial charge in [-0.05, 0) is 57.3 Å². The van der Waals surface area contributed by atoms with E-state index < -0.39 is 5.82 Å². The van der Waals surface area contributed by atoms with Gasteiger partial charge in [0.1, 0.15) is 0 Å². The van der Waals surface area contributed by atoms with Crippen LogP contribution >= 0.6 is 0 Å². The maximum absolute atomic E-state index is 14.0. The van der Waals surface area contributed by atoms with Crippen molar-refractivity contribution in [2.24, 2.45) is 5.92 Å². The van der Waals surface area contributed by atoms with Gasteiger partial charge < -0.3 is 15.4 Å². The third-order valence-corrected chi connectivity index (χ3v) is 4.26. The molecule has 0 aromatic heterocycles. The van der Waals surface area contributed by atoms with Crippen molar-refractivity contribution in [1.82, 2.24) is 5.32 Å². The molecule has 0 spiro atoms. The van der Waals surface area contributed by atoms with Gasteiger partial charge in [-0.1, -0.05) is 0 Å².